The second-order valence-corrected chi connectivity index (χ2v) is 7.28. The molecule has 0 aliphatic carbocycles. The van der Waals surface area contributed by atoms with Crippen LogP contribution in [0.2, 0.25) is 0 Å². The number of carbonyl (C=O) groups excluding carboxylic acids is 1. The number of ether oxygens (including phenoxy) is 1. The monoisotopic (exact) mass is 384 g/mol. The normalized spacial score (nSPS) is 15.2. The van der Waals surface area contributed by atoms with Crippen LogP contribution < -0.4 is 15.0 Å². The van der Waals surface area contributed by atoms with Gasteiger partial charge in [0.2, 0.25) is 17.6 Å². The molecule has 4 rings (SSSR count). The van der Waals surface area contributed by atoms with Crippen LogP contribution in [0.15, 0.2) is 40.2 Å². The number of amides is 1. The summed E-state index contributed by atoms with van der Waals surface area (Å²) in [6.45, 7) is 2.67. The van der Waals surface area contributed by atoms with Crippen LogP contribution in [0.3, 0.4) is 0 Å². The predicted octanol–water partition coefficient (Wildman–Crippen LogP) is 4.11. The first-order chi connectivity index (χ1) is 13.2. The van der Waals surface area contributed by atoms with Crippen LogP contribution in [-0.4, -0.2) is 29.7 Å². The SMILES string of the molecule is COc1ccc(NC(C)c2nc(-c3cccs3)no2)cc1N1CCCC1=O. The van der Waals surface area contributed by atoms with Crippen molar-refractivity contribution in [3.05, 3.63) is 41.6 Å². The third kappa shape index (κ3) is 3.52. The van der Waals surface area contributed by atoms with E-state index in [1.54, 1.807) is 23.3 Å². The number of nitrogens with one attached hydrogen (secondary N) is 1. The van der Waals surface area contributed by atoms with Crippen molar-refractivity contribution in [2.75, 3.05) is 23.9 Å². The molecule has 140 valence electrons. The quantitative estimate of drug-likeness (QED) is 0.689. The average Bonchev–Trinajstić information content (AvgIpc) is 3.42. The third-order valence-corrected chi connectivity index (χ3v) is 5.35. The number of anilines is 2. The van der Waals surface area contributed by atoms with Crippen LogP contribution in [0.4, 0.5) is 11.4 Å². The molecule has 1 amide bonds. The predicted molar refractivity (Wildman–Crippen MR) is 104 cm³/mol. The maximum Gasteiger partial charge on any atom is 0.249 e. The number of methoxy groups -OCH3 is 1. The number of benzene rings is 1. The van der Waals surface area contributed by atoms with Gasteiger partial charge < -0.3 is 19.5 Å². The lowest BCUT2D eigenvalue weighted by molar-refractivity contribution is -0.117. The highest BCUT2D eigenvalue weighted by Crippen LogP contribution is 2.35. The van der Waals surface area contributed by atoms with E-state index >= 15 is 0 Å². The van der Waals surface area contributed by atoms with E-state index in [-0.39, 0.29) is 11.9 Å². The van der Waals surface area contributed by atoms with Gasteiger partial charge >= 0.3 is 0 Å². The molecule has 1 aliphatic rings. The van der Waals surface area contributed by atoms with E-state index in [0.29, 0.717) is 30.4 Å². The molecular formula is C19H20N4O3S. The minimum atomic E-state index is -0.179. The highest BCUT2D eigenvalue weighted by molar-refractivity contribution is 7.13. The van der Waals surface area contributed by atoms with Gasteiger partial charge in [-0.25, -0.2) is 0 Å². The molecule has 0 spiro atoms. The Morgan fingerprint density at radius 2 is 2.26 bits per heavy atom. The molecule has 1 fully saturated rings. The van der Waals surface area contributed by atoms with Gasteiger partial charge in [-0.1, -0.05) is 11.2 Å². The van der Waals surface area contributed by atoms with E-state index in [1.165, 1.54) is 0 Å². The molecule has 0 bridgehead atoms. The molecule has 1 aromatic carbocycles. The van der Waals surface area contributed by atoms with Crippen LogP contribution >= 0.6 is 11.3 Å². The number of aromatic nitrogens is 2. The molecule has 2 aromatic heterocycles. The molecule has 1 saturated heterocycles. The molecule has 7 nitrogen and oxygen atoms in total. The molecule has 8 heteroatoms. The van der Waals surface area contributed by atoms with Crippen LogP contribution in [0, 0.1) is 0 Å². The van der Waals surface area contributed by atoms with Crippen molar-refractivity contribution in [1.29, 1.82) is 0 Å². The second-order valence-electron chi connectivity index (χ2n) is 6.34. The van der Waals surface area contributed by atoms with E-state index < -0.39 is 0 Å². The summed E-state index contributed by atoms with van der Waals surface area (Å²) in [5, 5.41) is 9.39. The maximum atomic E-state index is 12.1. The number of rotatable bonds is 6. The van der Waals surface area contributed by atoms with Crippen LogP contribution in [0.5, 0.6) is 5.75 Å². The first kappa shape index (κ1) is 17.5. The molecule has 0 radical (unpaired) electrons. The standard InChI is InChI=1S/C19H20N4O3S/c1-12(19-21-18(22-26-19)16-5-4-10-27-16)20-13-7-8-15(25-2)14(11-13)23-9-3-6-17(23)24/h4-5,7-8,10-12,20H,3,6,9H2,1-2H3. The lowest BCUT2D eigenvalue weighted by atomic mass is 10.2. The Morgan fingerprint density at radius 3 is 2.96 bits per heavy atom. The smallest absolute Gasteiger partial charge is 0.249 e. The molecule has 27 heavy (non-hydrogen) atoms. The molecule has 1 atom stereocenters. The van der Waals surface area contributed by atoms with Gasteiger partial charge in [0.25, 0.3) is 0 Å². The third-order valence-electron chi connectivity index (χ3n) is 4.48. The highest BCUT2D eigenvalue weighted by Gasteiger charge is 2.25. The Bertz CT molecular complexity index is 938. The fourth-order valence-electron chi connectivity index (χ4n) is 3.12. The zero-order valence-corrected chi connectivity index (χ0v) is 16.0. The van der Waals surface area contributed by atoms with Crippen LogP contribution in [0.1, 0.15) is 31.7 Å². The minimum absolute atomic E-state index is 0.121. The Morgan fingerprint density at radius 1 is 1.37 bits per heavy atom. The van der Waals surface area contributed by atoms with Crippen molar-refractivity contribution in [3.8, 4) is 16.5 Å². The summed E-state index contributed by atoms with van der Waals surface area (Å²) in [6.07, 6.45) is 1.44. The number of thiophene rings is 1. The first-order valence-corrected chi connectivity index (χ1v) is 9.66. The highest BCUT2D eigenvalue weighted by atomic mass is 32.1. The van der Waals surface area contributed by atoms with E-state index in [4.69, 9.17) is 9.26 Å². The number of carbonyl (C=O) groups is 1. The largest absolute Gasteiger partial charge is 0.495 e. The zero-order chi connectivity index (χ0) is 18.8. The lowest BCUT2D eigenvalue weighted by Crippen LogP contribution is -2.24. The number of nitrogens with zero attached hydrogens (tertiary/aromatic N) is 3. The van der Waals surface area contributed by atoms with Gasteiger partial charge in [-0.3, -0.25) is 4.79 Å². The first-order valence-electron chi connectivity index (χ1n) is 8.78. The van der Waals surface area contributed by atoms with Gasteiger partial charge in [0.15, 0.2) is 0 Å². The zero-order valence-electron chi connectivity index (χ0n) is 15.1. The Kier molecular flexibility index (Phi) is 4.81. The summed E-state index contributed by atoms with van der Waals surface area (Å²) < 4.78 is 10.8. The second kappa shape index (κ2) is 7.40. The van der Waals surface area contributed by atoms with Crippen LogP contribution in [0.25, 0.3) is 10.7 Å². The summed E-state index contributed by atoms with van der Waals surface area (Å²) in [6, 6.07) is 9.43. The Hall–Kier alpha value is -2.87. The molecule has 0 saturated carbocycles. The van der Waals surface area contributed by atoms with Gasteiger partial charge in [0.1, 0.15) is 11.8 Å². The summed E-state index contributed by atoms with van der Waals surface area (Å²) in [5.41, 5.74) is 1.64. The van der Waals surface area contributed by atoms with E-state index in [0.717, 1.165) is 22.7 Å². The van der Waals surface area contributed by atoms with Crippen molar-refractivity contribution < 1.29 is 14.1 Å². The molecule has 3 heterocycles. The van der Waals surface area contributed by atoms with E-state index in [9.17, 15) is 4.79 Å². The number of hydrogen-bond acceptors (Lipinski definition) is 7. The summed E-state index contributed by atoms with van der Waals surface area (Å²) in [5.74, 6) is 1.90. The fraction of sp³-hybridized carbons (Fsp3) is 0.316. The van der Waals surface area contributed by atoms with E-state index in [1.807, 2.05) is 42.6 Å². The van der Waals surface area contributed by atoms with Crippen molar-refractivity contribution in [1.82, 2.24) is 10.1 Å². The van der Waals surface area contributed by atoms with E-state index in [2.05, 4.69) is 15.5 Å². The minimum Gasteiger partial charge on any atom is -0.495 e. The van der Waals surface area contributed by atoms with Crippen molar-refractivity contribution >= 4 is 28.6 Å². The Balaban J connectivity index is 1.54. The molecular weight excluding hydrogens is 364 g/mol. The fourth-order valence-corrected chi connectivity index (χ4v) is 3.77. The summed E-state index contributed by atoms with van der Waals surface area (Å²) >= 11 is 1.57. The van der Waals surface area contributed by atoms with Crippen molar-refractivity contribution in [3.63, 3.8) is 0 Å². The summed E-state index contributed by atoms with van der Waals surface area (Å²) in [7, 11) is 1.61. The van der Waals surface area contributed by atoms with Gasteiger partial charge in [-0.15, -0.1) is 11.3 Å². The van der Waals surface area contributed by atoms with Crippen molar-refractivity contribution in [2.24, 2.45) is 0 Å². The summed E-state index contributed by atoms with van der Waals surface area (Å²) in [4.78, 5) is 19.3. The van der Waals surface area contributed by atoms with Gasteiger partial charge in [-0.2, -0.15) is 4.98 Å². The topological polar surface area (TPSA) is 80.5 Å². The number of hydrogen-bond donors (Lipinski definition) is 1. The maximum absolute atomic E-state index is 12.1. The van der Waals surface area contributed by atoms with Crippen molar-refractivity contribution in [2.45, 2.75) is 25.8 Å². The molecule has 1 aliphatic heterocycles. The molecule has 3 aromatic rings. The van der Waals surface area contributed by atoms with Gasteiger partial charge in [0, 0.05) is 18.7 Å². The average molecular weight is 384 g/mol. The molecule has 1 unspecified atom stereocenters. The Labute approximate surface area is 161 Å². The molecule has 1 N–H and O–H groups in total. The van der Waals surface area contributed by atoms with Crippen LogP contribution in [-0.2, 0) is 4.79 Å². The van der Waals surface area contributed by atoms with Gasteiger partial charge in [-0.05, 0) is 43.0 Å². The lowest BCUT2D eigenvalue weighted by Gasteiger charge is -2.21. The van der Waals surface area contributed by atoms with Gasteiger partial charge in [0.05, 0.1) is 17.7 Å².